The van der Waals surface area contributed by atoms with E-state index in [0.29, 0.717) is 0 Å². The first-order valence-corrected chi connectivity index (χ1v) is 10.0. The van der Waals surface area contributed by atoms with Gasteiger partial charge in [0.1, 0.15) is 0 Å². The Labute approximate surface area is 145 Å². The van der Waals surface area contributed by atoms with Crippen molar-refractivity contribution in [2.45, 2.75) is 32.1 Å². The second-order valence-corrected chi connectivity index (χ2v) is 7.01. The Hall–Kier alpha value is -0.950. The average Bonchev–Trinajstić information content (AvgIpc) is 2.56. The molecule has 0 aromatic heterocycles. The van der Waals surface area contributed by atoms with Gasteiger partial charge in [0.15, 0.2) is 5.96 Å². The molecule has 1 rings (SSSR count). The second kappa shape index (κ2) is 12.5. The Kier molecular flexibility index (Phi) is 10.9. The number of nitrogens with one attached hydrogen (secondary N) is 2. The second-order valence-electron chi connectivity index (χ2n) is 6.02. The third-order valence-corrected chi connectivity index (χ3v) is 4.84. The Bertz CT molecular complexity index is 364. The Morgan fingerprint density at radius 2 is 2.04 bits per heavy atom. The molecule has 0 saturated carbocycles. The summed E-state index contributed by atoms with van der Waals surface area (Å²) in [5, 5.41) is 6.69. The van der Waals surface area contributed by atoms with E-state index >= 15 is 0 Å². The van der Waals surface area contributed by atoms with E-state index in [9.17, 15) is 4.79 Å². The third kappa shape index (κ3) is 9.05. The monoisotopic (exact) mass is 343 g/mol. The molecule has 0 radical (unpaired) electrons. The molecule has 134 valence electrons. The van der Waals surface area contributed by atoms with Crippen molar-refractivity contribution in [3.8, 4) is 0 Å². The number of carbonyl (C=O) groups excluding carboxylic acids is 1. The molecule has 1 amide bonds. The first kappa shape index (κ1) is 20.1. The van der Waals surface area contributed by atoms with Gasteiger partial charge in [-0.05, 0) is 57.2 Å². The number of likely N-dealkylation sites (tertiary alicyclic amines) is 1. The van der Waals surface area contributed by atoms with Crippen LogP contribution in [0.4, 0.5) is 0 Å². The number of piperidine rings is 1. The van der Waals surface area contributed by atoms with Crippen molar-refractivity contribution in [1.29, 1.82) is 0 Å². The standard InChI is InChI=1S/C16H33N5OS/c1-18-16(19-8-3-4-12-23-2)20-9-6-11-21-10-5-7-14(13-21)15(17)22/h14H,3-13H2,1-2H3,(H2,17,22)(H2,18,19,20). The SMILES string of the molecule is CN=C(NCCCCSC)NCCCN1CCCC(C(N)=O)C1. The van der Waals surface area contributed by atoms with Crippen molar-refractivity contribution < 1.29 is 4.79 Å². The van der Waals surface area contributed by atoms with Gasteiger partial charge in [-0.1, -0.05) is 0 Å². The number of carbonyl (C=O) groups is 1. The molecule has 1 fully saturated rings. The van der Waals surface area contributed by atoms with Crippen LogP contribution in [-0.2, 0) is 4.79 Å². The lowest BCUT2D eigenvalue weighted by atomic mass is 9.97. The van der Waals surface area contributed by atoms with Crippen molar-refractivity contribution in [3.05, 3.63) is 0 Å². The molecular weight excluding hydrogens is 310 g/mol. The van der Waals surface area contributed by atoms with Crippen molar-refractivity contribution >= 4 is 23.6 Å². The number of guanidine groups is 1. The van der Waals surface area contributed by atoms with Crippen molar-refractivity contribution in [1.82, 2.24) is 15.5 Å². The molecule has 23 heavy (non-hydrogen) atoms. The smallest absolute Gasteiger partial charge is 0.221 e. The zero-order chi connectivity index (χ0) is 16.9. The third-order valence-electron chi connectivity index (χ3n) is 4.14. The predicted octanol–water partition coefficient (Wildman–Crippen LogP) is 0.882. The summed E-state index contributed by atoms with van der Waals surface area (Å²) < 4.78 is 0. The minimum Gasteiger partial charge on any atom is -0.369 e. The highest BCUT2D eigenvalue weighted by Crippen LogP contribution is 2.15. The van der Waals surface area contributed by atoms with Crippen molar-refractivity contribution in [2.75, 3.05) is 51.8 Å². The minimum atomic E-state index is -0.154. The van der Waals surface area contributed by atoms with Gasteiger partial charge in [0.25, 0.3) is 0 Å². The lowest BCUT2D eigenvalue weighted by Crippen LogP contribution is -2.43. The van der Waals surface area contributed by atoms with Crippen LogP contribution in [0.3, 0.4) is 0 Å². The molecule has 0 aliphatic carbocycles. The highest BCUT2D eigenvalue weighted by Gasteiger charge is 2.23. The van der Waals surface area contributed by atoms with Crippen LogP contribution in [0.2, 0.25) is 0 Å². The summed E-state index contributed by atoms with van der Waals surface area (Å²) in [6.45, 7) is 4.75. The topological polar surface area (TPSA) is 82.8 Å². The van der Waals surface area contributed by atoms with Gasteiger partial charge >= 0.3 is 0 Å². The number of nitrogens with zero attached hydrogens (tertiary/aromatic N) is 2. The summed E-state index contributed by atoms with van der Waals surface area (Å²) in [4.78, 5) is 17.9. The molecule has 1 aliphatic heterocycles. The van der Waals surface area contributed by atoms with Crippen LogP contribution in [0.1, 0.15) is 32.1 Å². The molecule has 1 heterocycles. The van der Waals surface area contributed by atoms with E-state index in [-0.39, 0.29) is 11.8 Å². The molecule has 4 N–H and O–H groups in total. The van der Waals surface area contributed by atoms with Gasteiger partial charge in [0.05, 0.1) is 5.92 Å². The fraction of sp³-hybridized carbons (Fsp3) is 0.875. The summed E-state index contributed by atoms with van der Waals surface area (Å²) in [6, 6.07) is 0. The number of hydrogen-bond acceptors (Lipinski definition) is 4. The number of rotatable bonds is 10. The molecule has 1 saturated heterocycles. The first-order valence-electron chi connectivity index (χ1n) is 8.62. The number of primary amides is 1. The zero-order valence-corrected chi connectivity index (χ0v) is 15.5. The van der Waals surface area contributed by atoms with Crippen LogP contribution in [0.15, 0.2) is 4.99 Å². The maximum atomic E-state index is 11.3. The van der Waals surface area contributed by atoms with Crippen LogP contribution in [0, 0.1) is 5.92 Å². The predicted molar refractivity (Wildman–Crippen MR) is 100.0 cm³/mol. The Balaban J connectivity index is 2.09. The largest absolute Gasteiger partial charge is 0.369 e. The van der Waals surface area contributed by atoms with Crippen molar-refractivity contribution in [2.24, 2.45) is 16.6 Å². The molecule has 0 aromatic rings. The molecule has 6 nitrogen and oxygen atoms in total. The summed E-state index contributed by atoms with van der Waals surface area (Å²) in [7, 11) is 1.80. The molecule has 0 spiro atoms. The normalized spacial score (nSPS) is 19.6. The lowest BCUT2D eigenvalue weighted by Gasteiger charge is -2.31. The van der Waals surface area contributed by atoms with Crippen LogP contribution in [0.25, 0.3) is 0 Å². The van der Waals surface area contributed by atoms with Gasteiger partial charge in [-0.15, -0.1) is 0 Å². The fourth-order valence-corrected chi connectivity index (χ4v) is 3.29. The van der Waals surface area contributed by atoms with E-state index in [2.05, 4.69) is 26.8 Å². The highest BCUT2D eigenvalue weighted by atomic mass is 32.2. The van der Waals surface area contributed by atoms with E-state index in [1.807, 2.05) is 11.8 Å². The number of nitrogens with two attached hydrogens (primary N) is 1. The van der Waals surface area contributed by atoms with Crippen LogP contribution in [0.5, 0.6) is 0 Å². The van der Waals surface area contributed by atoms with Gasteiger partial charge in [0.2, 0.25) is 5.91 Å². The highest BCUT2D eigenvalue weighted by molar-refractivity contribution is 7.98. The van der Waals surface area contributed by atoms with Crippen LogP contribution in [-0.4, -0.2) is 68.5 Å². The van der Waals surface area contributed by atoms with E-state index < -0.39 is 0 Å². The molecule has 1 unspecified atom stereocenters. The number of amides is 1. The quantitative estimate of drug-likeness (QED) is 0.312. The number of unbranched alkanes of at least 4 members (excludes halogenated alkanes) is 1. The Morgan fingerprint density at radius 3 is 2.70 bits per heavy atom. The van der Waals surface area contributed by atoms with Gasteiger partial charge in [-0.3, -0.25) is 9.79 Å². The molecule has 1 aliphatic rings. The van der Waals surface area contributed by atoms with E-state index in [0.717, 1.165) is 57.9 Å². The molecule has 1 atom stereocenters. The van der Waals surface area contributed by atoms with Gasteiger partial charge in [-0.25, -0.2) is 0 Å². The van der Waals surface area contributed by atoms with E-state index in [4.69, 9.17) is 5.73 Å². The van der Waals surface area contributed by atoms with Crippen LogP contribution >= 0.6 is 11.8 Å². The van der Waals surface area contributed by atoms with Gasteiger partial charge in [0, 0.05) is 26.7 Å². The maximum Gasteiger partial charge on any atom is 0.221 e. The molecule has 7 heteroatoms. The number of thioether (sulfide) groups is 1. The summed E-state index contributed by atoms with van der Waals surface area (Å²) >= 11 is 1.89. The zero-order valence-electron chi connectivity index (χ0n) is 14.6. The van der Waals surface area contributed by atoms with Crippen molar-refractivity contribution in [3.63, 3.8) is 0 Å². The molecule has 0 aromatic carbocycles. The Morgan fingerprint density at radius 1 is 1.30 bits per heavy atom. The summed E-state index contributed by atoms with van der Waals surface area (Å²) in [5.74, 6) is 1.98. The van der Waals surface area contributed by atoms with E-state index in [1.54, 1.807) is 7.05 Å². The number of aliphatic imine (C=N–C) groups is 1. The average molecular weight is 344 g/mol. The fourth-order valence-electron chi connectivity index (χ4n) is 2.80. The number of hydrogen-bond donors (Lipinski definition) is 3. The van der Waals surface area contributed by atoms with Crippen LogP contribution < -0.4 is 16.4 Å². The van der Waals surface area contributed by atoms with Gasteiger partial charge in [-0.2, -0.15) is 11.8 Å². The van der Waals surface area contributed by atoms with E-state index in [1.165, 1.54) is 18.6 Å². The minimum absolute atomic E-state index is 0.0347. The first-order chi connectivity index (χ1) is 11.2. The molecular formula is C16H33N5OS. The maximum absolute atomic E-state index is 11.3. The van der Waals surface area contributed by atoms with Gasteiger partial charge < -0.3 is 21.3 Å². The lowest BCUT2D eigenvalue weighted by molar-refractivity contribution is -0.123. The summed E-state index contributed by atoms with van der Waals surface area (Å²) in [6.07, 6.45) is 7.60. The summed E-state index contributed by atoms with van der Waals surface area (Å²) in [5.41, 5.74) is 5.42. The molecule has 0 bridgehead atoms.